The lowest BCUT2D eigenvalue weighted by Crippen LogP contribution is -2.36. The first-order valence-electron chi connectivity index (χ1n) is 7.73. The number of aliphatic hydroxyl groups excluding tert-OH is 1. The van der Waals surface area contributed by atoms with Crippen molar-refractivity contribution >= 4 is 11.6 Å². The van der Waals surface area contributed by atoms with Crippen molar-refractivity contribution in [2.24, 2.45) is 0 Å². The van der Waals surface area contributed by atoms with E-state index >= 15 is 0 Å². The molecule has 0 radical (unpaired) electrons. The molecule has 0 bridgehead atoms. The molecule has 3 rings (SSSR count). The van der Waals surface area contributed by atoms with Gasteiger partial charge in [0.2, 0.25) is 0 Å². The van der Waals surface area contributed by atoms with Crippen LogP contribution in [0.1, 0.15) is 36.0 Å². The Kier molecular flexibility index (Phi) is 4.29. The second-order valence-corrected chi connectivity index (χ2v) is 5.62. The fourth-order valence-corrected chi connectivity index (χ4v) is 3.22. The second-order valence-electron chi connectivity index (χ2n) is 5.62. The van der Waals surface area contributed by atoms with Gasteiger partial charge in [-0.3, -0.25) is 4.79 Å². The molecule has 21 heavy (non-hydrogen) atoms. The first-order chi connectivity index (χ1) is 10.3. The van der Waals surface area contributed by atoms with Crippen molar-refractivity contribution in [1.29, 1.82) is 0 Å². The smallest absolute Gasteiger partial charge is 0.257 e. The van der Waals surface area contributed by atoms with Crippen molar-refractivity contribution in [2.45, 2.75) is 31.7 Å². The van der Waals surface area contributed by atoms with E-state index < -0.39 is 0 Å². The highest BCUT2D eigenvalue weighted by molar-refractivity contribution is 5.99. The van der Waals surface area contributed by atoms with Crippen LogP contribution in [0.5, 0.6) is 5.75 Å². The van der Waals surface area contributed by atoms with Crippen LogP contribution in [0, 0.1) is 0 Å². The summed E-state index contributed by atoms with van der Waals surface area (Å²) in [5.74, 6) is 0.734. The van der Waals surface area contributed by atoms with Crippen LogP contribution in [0.25, 0.3) is 0 Å². The number of carbonyl (C=O) groups is 1. The number of likely N-dealkylation sites (tertiary alicyclic amines) is 1. The number of anilines is 1. The molecule has 0 spiro atoms. The molecule has 1 saturated heterocycles. The minimum Gasteiger partial charge on any atom is -0.489 e. The largest absolute Gasteiger partial charge is 0.489 e. The molecule has 114 valence electrons. The van der Waals surface area contributed by atoms with Gasteiger partial charge in [0.1, 0.15) is 6.61 Å². The molecule has 0 aromatic heterocycles. The monoisotopic (exact) mass is 290 g/mol. The average Bonchev–Trinajstić information content (AvgIpc) is 3.00. The summed E-state index contributed by atoms with van der Waals surface area (Å²) in [5, 5.41) is 12.3. The molecule has 5 nitrogen and oxygen atoms in total. The number of carbonyl (C=O) groups excluding carboxylic acids is 1. The number of para-hydroxylation sites is 1. The van der Waals surface area contributed by atoms with Gasteiger partial charge in [-0.2, -0.15) is 0 Å². The zero-order valence-corrected chi connectivity index (χ0v) is 12.2. The molecular formula is C16H22N2O3. The van der Waals surface area contributed by atoms with Crippen LogP contribution in [-0.4, -0.2) is 48.3 Å². The average molecular weight is 290 g/mol. The number of rotatable bonds is 4. The molecule has 2 aliphatic rings. The highest BCUT2D eigenvalue weighted by atomic mass is 16.5. The Balaban J connectivity index is 1.81. The topological polar surface area (TPSA) is 61.8 Å². The molecule has 5 heteroatoms. The highest BCUT2D eigenvalue weighted by Crippen LogP contribution is 2.33. The third-order valence-corrected chi connectivity index (χ3v) is 4.24. The number of ether oxygens (including phenoxy) is 1. The quantitative estimate of drug-likeness (QED) is 0.888. The maximum Gasteiger partial charge on any atom is 0.257 e. The SMILES string of the molecule is O=C(c1cccc2c1OCCN2)N1CCCC1CCCO. The first-order valence-corrected chi connectivity index (χ1v) is 7.73. The molecule has 1 atom stereocenters. The van der Waals surface area contributed by atoms with Gasteiger partial charge in [0.05, 0.1) is 11.3 Å². The molecule has 2 aliphatic heterocycles. The number of nitrogens with zero attached hydrogens (tertiary/aromatic N) is 1. The first kappa shape index (κ1) is 14.2. The van der Waals surface area contributed by atoms with Crippen molar-refractivity contribution < 1.29 is 14.6 Å². The Morgan fingerprint density at radius 2 is 2.38 bits per heavy atom. The van der Waals surface area contributed by atoms with Gasteiger partial charge in [-0.15, -0.1) is 0 Å². The van der Waals surface area contributed by atoms with Gasteiger partial charge >= 0.3 is 0 Å². The van der Waals surface area contributed by atoms with Gasteiger partial charge in [0.25, 0.3) is 5.91 Å². The summed E-state index contributed by atoms with van der Waals surface area (Å²) in [6, 6.07) is 5.93. The summed E-state index contributed by atoms with van der Waals surface area (Å²) in [7, 11) is 0. The van der Waals surface area contributed by atoms with E-state index in [1.165, 1.54) is 0 Å². The van der Waals surface area contributed by atoms with Crippen LogP contribution in [0.2, 0.25) is 0 Å². The van der Waals surface area contributed by atoms with E-state index in [-0.39, 0.29) is 18.6 Å². The summed E-state index contributed by atoms with van der Waals surface area (Å²) < 4.78 is 5.70. The van der Waals surface area contributed by atoms with E-state index in [4.69, 9.17) is 9.84 Å². The Hall–Kier alpha value is -1.75. The second kappa shape index (κ2) is 6.35. The Labute approximate surface area is 124 Å². The third kappa shape index (κ3) is 2.83. The fraction of sp³-hybridized carbons (Fsp3) is 0.562. The molecule has 0 aliphatic carbocycles. The number of nitrogens with one attached hydrogen (secondary N) is 1. The summed E-state index contributed by atoms with van der Waals surface area (Å²) in [6.45, 7) is 2.34. The maximum atomic E-state index is 12.8. The van der Waals surface area contributed by atoms with Gasteiger partial charge in [-0.05, 0) is 37.8 Å². The van der Waals surface area contributed by atoms with E-state index in [0.29, 0.717) is 17.9 Å². The lowest BCUT2D eigenvalue weighted by atomic mass is 10.1. The van der Waals surface area contributed by atoms with Crippen LogP contribution in [-0.2, 0) is 0 Å². The zero-order chi connectivity index (χ0) is 14.7. The molecule has 1 unspecified atom stereocenters. The Morgan fingerprint density at radius 3 is 3.24 bits per heavy atom. The van der Waals surface area contributed by atoms with Gasteiger partial charge in [0.15, 0.2) is 5.75 Å². The molecule has 0 saturated carbocycles. The van der Waals surface area contributed by atoms with Gasteiger partial charge in [-0.1, -0.05) is 6.07 Å². The molecule has 1 aromatic carbocycles. The summed E-state index contributed by atoms with van der Waals surface area (Å²) in [4.78, 5) is 14.8. The van der Waals surface area contributed by atoms with E-state index in [9.17, 15) is 4.79 Å². The van der Waals surface area contributed by atoms with Gasteiger partial charge in [0, 0.05) is 25.7 Å². The number of amides is 1. The molecule has 2 N–H and O–H groups in total. The maximum absolute atomic E-state index is 12.8. The fourth-order valence-electron chi connectivity index (χ4n) is 3.22. The van der Waals surface area contributed by atoms with Crippen molar-refractivity contribution in [3.63, 3.8) is 0 Å². The minimum absolute atomic E-state index is 0.0518. The number of fused-ring (bicyclic) bond motifs is 1. The van der Waals surface area contributed by atoms with E-state index in [2.05, 4.69) is 5.32 Å². The lowest BCUT2D eigenvalue weighted by Gasteiger charge is -2.27. The third-order valence-electron chi connectivity index (χ3n) is 4.24. The molecule has 1 fully saturated rings. The summed E-state index contributed by atoms with van der Waals surface area (Å²) in [5.41, 5.74) is 1.55. The van der Waals surface area contributed by atoms with Gasteiger partial charge < -0.3 is 20.1 Å². The summed E-state index contributed by atoms with van der Waals surface area (Å²) in [6.07, 6.45) is 3.69. The van der Waals surface area contributed by atoms with Crippen LogP contribution in [0.4, 0.5) is 5.69 Å². The summed E-state index contributed by atoms with van der Waals surface area (Å²) >= 11 is 0. The molecule has 1 amide bonds. The zero-order valence-electron chi connectivity index (χ0n) is 12.2. The standard InChI is InChI=1S/C16H22N2O3/c19-10-3-5-12-4-2-9-18(12)16(20)13-6-1-7-14-15(13)21-11-8-17-14/h1,6-7,12,17,19H,2-5,8-11H2. The van der Waals surface area contributed by atoms with Crippen LogP contribution in [0.15, 0.2) is 18.2 Å². The van der Waals surface area contributed by atoms with Crippen LogP contribution < -0.4 is 10.1 Å². The van der Waals surface area contributed by atoms with Crippen molar-refractivity contribution in [1.82, 2.24) is 4.90 Å². The number of aliphatic hydroxyl groups is 1. The lowest BCUT2D eigenvalue weighted by molar-refractivity contribution is 0.0720. The predicted molar refractivity (Wildman–Crippen MR) is 80.8 cm³/mol. The molecular weight excluding hydrogens is 268 g/mol. The molecule has 2 heterocycles. The van der Waals surface area contributed by atoms with E-state index in [1.807, 2.05) is 23.1 Å². The predicted octanol–water partition coefficient (Wildman–Crippen LogP) is 1.87. The number of hydrogen-bond acceptors (Lipinski definition) is 4. The highest BCUT2D eigenvalue weighted by Gasteiger charge is 2.31. The van der Waals surface area contributed by atoms with Crippen LogP contribution in [0.3, 0.4) is 0 Å². The van der Waals surface area contributed by atoms with Crippen molar-refractivity contribution in [2.75, 3.05) is 31.6 Å². The van der Waals surface area contributed by atoms with Crippen molar-refractivity contribution in [3.8, 4) is 5.75 Å². The van der Waals surface area contributed by atoms with E-state index in [0.717, 1.165) is 44.5 Å². The molecule has 1 aromatic rings. The van der Waals surface area contributed by atoms with Crippen LogP contribution >= 0.6 is 0 Å². The number of hydrogen-bond donors (Lipinski definition) is 2. The normalized spacial score (nSPS) is 20.6. The van der Waals surface area contributed by atoms with Gasteiger partial charge in [-0.25, -0.2) is 0 Å². The number of benzene rings is 1. The minimum atomic E-state index is 0.0518. The van der Waals surface area contributed by atoms with Crippen molar-refractivity contribution in [3.05, 3.63) is 23.8 Å². The Bertz CT molecular complexity index is 518. The van der Waals surface area contributed by atoms with E-state index in [1.54, 1.807) is 0 Å². The Morgan fingerprint density at radius 1 is 1.48 bits per heavy atom.